The van der Waals surface area contributed by atoms with Crippen LogP contribution in [0.1, 0.15) is 36.1 Å². The summed E-state index contributed by atoms with van der Waals surface area (Å²) in [6.07, 6.45) is 0. The van der Waals surface area contributed by atoms with Crippen LogP contribution < -0.4 is 9.80 Å². The lowest BCUT2D eigenvalue weighted by Gasteiger charge is -2.26. The van der Waals surface area contributed by atoms with Crippen molar-refractivity contribution in [3.05, 3.63) is 241 Å². The summed E-state index contributed by atoms with van der Waals surface area (Å²) in [5.41, 5.74) is 21.9. The molecule has 0 bridgehead atoms. The highest BCUT2D eigenvalue weighted by molar-refractivity contribution is 5.86. The van der Waals surface area contributed by atoms with Crippen molar-refractivity contribution in [2.24, 2.45) is 0 Å². The molecule has 0 aliphatic heterocycles. The van der Waals surface area contributed by atoms with Gasteiger partial charge in [-0.25, -0.2) is 0 Å². The number of hydrogen-bond donors (Lipinski definition) is 0. The number of hydrogen-bond acceptors (Lipinski definition) is 2. The maximum absolute atomic E-state index is 2.38. The van der Waals surface area contributed by atoms with E-state index >= 15 is 0 Å². The molecule has 294 valence electrons. The van der Waals surface area contributed by atoms with Crippen LogP contribution in [0.4, 0.5) is 34.1 Å². The molecule has 2 heteroatoms. The quantitative estimate of drug-likeness (QED) is 0.144. The third-order valence-electron chi connectivity index (χ3n) is 12.4. The molecular weight excluding hydrogens is 737 g/mol. The Morgan fingerprint density at radius 1 is 0.279 bits per heavy atom. The van der Waals surface area contributed by atoms with Crippen molar-refractivity contribution in [1.29, 1.82) is 0 Å². The van der Waals surface area contributed by atoms with Crippen LogP contribution in [0.25, 0.3) is 44.5 Å². The molecule has 0 N–H and O–H groups in total. The Morgan fingerprint density at radius 3 is 1.02 bits per heavy atom. The lowest BCUT2D eigenvalue weighted by atomic mass is 9.82. The Bertz CT molecular complexity index is 2940. The number of aryl methyl sites for hydroxylation is 2. The molecule has 0 amide bonds. The molecule has 0 aromatic heterocycles. The number of anilines is 6. The lowest BCUT2D eigenvalue weighted by Crippen LogP contribution is -2.14. The smallest absolute Gasteiger partial charge is 0.0462 e. The minimum absolute atomic E-state index is 0.00132. The van der Waals surface area contributed by atoms with Crippen molar-refractivity contribution in [2.75, 3.05) is 9.80 Å². The van der Waals surface area contributed by atoms with E-state index in [0.29, 0.717) is 0 Å². The molecule has 0 atom stereocenters. The summed E-state index contributed by atoms with van der Waals surface area (Å²) in [4.78, 5) is 4.68. The fourth-order valence-corrected chi connectivity index (χ4v) is 9.02. The summed E-state index contributed by atoms with van der Waals surface area (Å²) in [5.74, 6) is 0. The Hall–Kier alpha value is -7.42. The van der Waals surface area contributed by atoms with Crippen LogP contribution >= 0.6 is 0 Å². The highest BCUT2D eigenvalue weighted by Crippen LogP contribution is 2.49. The molecule has 0 saturated heterocycles. The van der Waals surface area contributed by atoms with E-state index < -0.39 is 0 Å². The second-order valence-corrected chi connectivity index (χ2v) is 16.8. The third kappa shape index (κ3) is 7.21. The fraction of sp³-hybridized carbons (Fsp3) is 0.0847. The van der Waals surface area contributed by atoms with Crippen LogP contribution in [0, 0.1) is 13.8 Å². The maximum atomic E-state index is 2.38. The van der Waals surface area contributed by atoms with Crippen molar-refractivity contribution in [3.8, 4) is 44.5 Å². The van der Waals surface area contributed by atoms with E-state index in [-0.39, 0.29) is 5.41 Å². The highest BCUT2D eigenvalue weighted by Gasteiger charge is 2.35. The molecule has 61 heavy (non-hydrogen) atoms. The van der Waals surface area contributed by atoms with E-state index in [1.54, 1.807) is 0 Å². The summed E-state index contributed by atoms with van der Waals surface area (Å²) in [6, 6.07) is 79.7. The van der Waals surface area contributed by atoms with Gasteiger partial charge in [0.1, 0.15) is 0 Å². The molecule has 0 heterocycles. The van der Waals surface area contributed by atoms with Gasteiger partial charge in [0, 0.05) is 39.5 Å². The standard InChI is InChI=1S/C59H48N2/c1-41-14-27-49(28-15-41)60(51-31-18-44(19-32-51)43-10-6-5-7-11-43)52-33-20-45(21-34-52)46-22-35-53(36-23-46)61(50-29-16-42(2)17-30-50)54-37-24-47(25-38-54)48-26-39-58-56(40-48)55-12-8-9-13-57(55)59(58,3)4/h5-40H,1-4H3. The van der Waals surface area contributed by atoms with Gasteiger partial charge in [-0.1, -0.05) is 165 Å². The number of rotatable bonds is 9. The molecule has 0 spiro atoms. The van der Waals surface area contributed by atoms with E-state index in [9.17, 15) is 0 Å². The Morgan fingerprint density at radius 2 is 0.590 bits per heavy atom. The fourth-order valence-electron chi connectivity index (χ4n) is 9.02. The monoisotopic (exact) mass is 784 g/mol. The van der Waals surface area contributed by atoms with Gasteiger partial charge in [0.05, 0.1) is 0 Å². The Labute approximate surface area is 360 Å². The average molecular weight is 785 g/mol. The van der Waals surface area contributed by atoms with Crippen molar-refractivity contribution >= 4 is 34.1 Å². The first-order valence-corrected chi connectivity index (χ1v) is 21.2. The zero-order valence-electron chi connectivity index (χ0n) is 35.2. The highest BCUT2D eigenvalue weighted by atomic mass is 15.1. The third-order valence-corrected chi connectivity index (χ3v) is 12.4. The first-order valence-electron chi connectivity index (χ1n) is 21.2. The van der Waals surface area contributed by atoms with Crippen LogP contribution in [0.15, 0.2) is 218 Å². The van der Waals surface area contributed by atoms with Gasteiger partial charge in [-0.05, 0) is 148 Å². The normalized spacial score (nSPS) is 12.4. The van der Waals surface area contributed by atoms with Gasteiger partial charge in [-0.3, -0.25) is 0 Å². The second kappa shape index (κ2) is 15.6. The molecule has 0 saturated carbocycles. The summed E-state index contributed by atoms with van der Waals surface area (Å²) < 4.78 is 0. The summed E-state index contributed by atoms with van der Waals surface area (Å²) in [6.45, 7) is 8.94. The number of benzene rings is 9. The van der Waals surface area contributed by atoms with Crippen molar-refractivity contribution in [3.63, 3.8) is 0 Å². The molecular formula is C59H48N2. The van der Waals surface area contributed by atoms with E-state index in [1.807, 2.05) is 0 Å². The number of fused-ring (bicyclic) bond motifs is 3. The molecule has 9 aromatic carbocycles. The van der Waals surface area contributed by atoms with Gasteiger partial charge in [0.25, 0.3) is 0 Å². The largest absolute Gasteiger partial charge is 0.311 e. The predicted molar refractivity (Wildman–Crippen MR) is 259 cm³/mol. The van der Waals surface area contributed by atoms with Gasteiger partial charge in [-0.2, -0.15) is 0 Å². The lowest BCUT2D eigenvalue weighted by molar-refractivity contribution is 0.660. The maximum Gasteiger partial charge on any atom is 0.0462 e. The van der Waals surface area contributed by atoms with Crippen LogP contribution in [-0.2, 0) is 5.41 Å². The topological polar surface area (TPSA) is 6.48 Å². The van der Waals surface area contributed by atoms with Gasteiger partial charge < -0.3 is 9.80 Å². The molecule has 0 unspecified atom stereocenters. The van der Waals surface area contributed by atoms with Crippen molar-refractivity contribution in [2.45, 2.75) is 33.1 Å². The summed E-state index contributed by atoms with van der Waals surface area (Å²) in [7, 11) is 0. The molecule has 1 aliphatic rings. The van der Waals surface area contributed by atoms with Crippen LogP contribution in [0.2, 0.25) is 0 Å². The van der Waals surface area contributed by atoms with Gasteiger partial charge in [0.15, 0.2) is 0 Å². The van der Waals surface area contributed by atoms with Gasteiger partial charge in [-0.15, -0.1) is 0 Å². The zero-order valence-corrected chi connectivity index (χ0v) is 35.2. The average Bonchev–Trinajstić information content (AvgIpc) is 3.54. The Balaban J connectivity index is 0.936. The molecule has 0 fully saturated rings. The molecule has 0 radical (unpaired) electrons. The molecule has 9 aromatic rings. The summed E-state index contributed by atoms with van der Waals surface area (Å²) in [5, 5.41) is 0. The first-order chi connectivity index (χ1) is 29.8. The van der Waals surface area contributed by atoms with E-state index in [0.717, 1.165) is 34.1 Å². The molecule has 1 aliphatic carbocycles. The van der Waals surface area contributed by atoms with E-state index in [2.05, 4.69) is 256 Å². The van der Waals surface area contributed by atoms with E-state index in [1.165, 1.54) is 66.8 Å². The van der Waals surface area contributed by atoms with Crippen LogP contribution in [0.5, 0.6) is 0 Å². The van der Waals surface area contributed by atoms with Crippen molar-refractivity contribution in [1.82, 2.24) is 0 Å². The SMILES string of the molecule is Cc1ccc(N(c2ccc(-c3ccccc3)cc2)c2ccc(-c3ccc(N(c4ccc(C)cc4)c4ccc(-c5ccc6c(c5)-c5ccccc5C6(C)C)cc4)cc3)cc2)cc1. The first kappa shape index (κ1) is 37.8. The van der Waals surface area contributed by atoms with E-state index in [4.69, 9.17) is 0 Å². The minimum Gasteiger partial charge on any atom is -0.311 e. The minimum atomic E-state index is 0.00132. The van der Waals surface area contributed by atoms with Gasteiger partial charge >= 0.3 is 0 Å². The number of nitrogens with zero attached hydrogens (tertiary/aromatic N) is 2. The zero-order chi connectivity index (χ0) is 41.5. The Kier molecular flexibility index (Phi) is 9.70. The van der Waals surface area contributed by atoms with Crippen LogP contribution in [0.3, 0.4) is 0 Å². The van der Waals surface area contributed by atoms with Gasteiger partial charge in [0.2, 0.25) is 0 Å². The predicted octanol–water partition coefficient (Wildman–Crippen LogP) is 16.6. The van der Waals surface area contributed by atoms with Crippen molar-refractivity contribution < 1.29 is 0 Å². The summed E-state index contributed by atoms with van der Waals surface area (Å²) >= 11 is 0. The second-order valence-electron chi connectivity index (χ2n) is 16.8. The molecule has 10 rings (SSSR count). The molecule has 2 nitrogen and oxygen atoms in total. The van der Waals surface area contributed by atoms with Crippen LogP contribution in [-0.4, -0.2) is 0 Å².